The Kier molecular flexibility index (Phi) is 3.63. The molecule has 1 unspecified atom stereocenters. The van der Waals surface area contributed by atoms with Crippen LogP contribution in [0.2, 0.25) is 0 Å². The molecule has 0 aromatic heterocycles. The zero-order chi connectivity index (χ0) is 8.27. The van der Waals surface area contributed by atoms with Crippen molar-refractivity contribution in [3.05, 3.63) is 0 Å². The number of likely N-dealkylation sites (N-methyl/N-ethyl adjacent to an activating group) is 1. The van der Waals surface area contributed by atoms with Crippen LogP contribution in [0.5, 0.6) is 0 Å². The lowest BCUT2D eigenvalue weighted by Crippen LogP contribution is -2.34. The zero-order valence-electron chi connectivity index (χ0n) is 6.96. The molecular weight excluding hydrogens is 162 g/mol. The molecule has 0 radical (unpaired) electrons. The fourth-order valence-electron chi connectivity index (χ4n) is 1.30. The van der Waals surface area contributed by atoms with Crippen LogP contribution in [0.3, 0.4) is 0 Å². The Bertz CT molecular complexity index is 117. The highest BCUT2D eigenvalue weighted by Crippen LogP contribution is 2.26. The average molecular weight is 178 g/mol. The Morgan fingerprint density at radius 3 is 2.64 bits per heavy atom. The molecule has 0 aromatic carbocycles. The molecule has 1 atom stereocenters. The first kappa shape index (κ1) is 9.30. The summed E-state index contributed by atoms with van der Waals surface area (Å²) in [4.78, 5) is 2.30. The maximum absolute atomic E-state index is 9.26. The van der Waals surface area contributed by atoms with Crippen molar-refractivity contribution in [3.63, 3.8) is 0 Å². The normalized spacial score (nSPS) is 20.7. The first-order chi connectivity index (χ1) is 5.27. The van der Waals surface area contributed by atoms with Gasteiger partial charge in [0.05, 0.1) is 6.10 Å². The van der Waals surface area contributed by atoms with E-state index in [-0.39, 0.29) is 6.10 Å². The topological polar surface area (TPSA) is 23.5 Å². The fraction of sp³-hybridized carbons (Fsp3) is 1.00. The second kappa shape index (κ2) is 4.29. The largest absolute Gasteiger partial charge is 0.391 e. The molecule has 0 amide bonds. The van der Waals surface area contributed by atoms with E-state index >= 15 is 0 Å². The predicted octanol–water partition coefficient (Wildman–Crippen LogP) is 1.07. The van der Waals surface area contributed by atoms with Gasteiger partial charge in [0.1, 0.15) is 0 Å². The molecule has 1 N–H and O–H groups in total. The second-order valence-corrected chi connectivity index (χ2v) is 3.44. The monoisotopic (exact) mass is 177 g/mol. The van der Waals surface area contributed by atoms with Crippen LogP contribution in [0.15, 0.2) is 0 Å². The van der Waals surface area contributed by atoms with E-state index in [1.807, 2.05) is 0 Å². The van der Waals surface area contributed by atoms with Crippen molar-refractivity contribution in [2.45, 2.75) is 31.9 Å². The van der Waals surface area contributed by atoms with Crippen LogP contribution in [-0.2, 0) is 0 Å². The molecule has 1 rings (SSSR count). The minimum absolute atomic E-state index is 0.350. The minimum atomic E-state index is -0.350. The van der Waals surface area contributed by atoms with Gasteiger partial charge in [-0.25, -0.2) is 0 Å². The molecule has 0 spiro atoms. The van der Waals surface area contributed by atoms with E-state index in [1.54, 1.807) is 0 Å². The van der Waals surface area contributed by atoms with Gasteiger partial charge in [-0.3, -0.25) is 4.90 Å². The van der Waals surface area contributed by atoms with Gasteiger partial charge in [-0.2, -0.15) is 0 Å². The van der Waals surface area contributed by atoms with Crippen LogP contribution < -0.4 is 0 Å². The molecule has 1 aliphatic carbocycles. The molecule has 0 bridgehead atoms. The molecule has 1 aliphatic rings. The van der Waals surface area contributed by atoms with Crippen molar-refractivity contribution in [2.75, 3.05) is 19.0 Å². The molecular formula is C8H16ClNO. The minimum Gasteiger partial charge on any atom is -0.391 e. The summed E-state index contributed by atoms with van der Waals surface area (Å²) in [5.41, 5.74) is 0. The first-order valence-electron chi connectivity index (χ1n) is 4.26. The maximum Gasteiger partial charge on any atom is 0.0802 e. The predicted molar refractivity (Wildman–Crippen MR) is 47.0 cm³/mol. The quantitative estimate of drug-likeness (QED) is 0.636. The van der Waals surface area contributed by atoms with Gasteiger partial charge in [0, 0.05) is 18.5 Å². The Hall–Kier alpha value is 0.210. The van der Waals surface area contributed by atoms with E-state index in [0.717, 1.165) is 19.1 Å². The highest BCUT2D eigenvalue weighted by molar-refractivity contribution is 6.18. The Balaban J connectivity index is 2.19. The summed E-state index contributed by atoms with van der Waals surface area (Å²) < 4.78 is 0. The van der Waals surface area contributed by atoms with E-state index in [1.165, 1.54) is 12.8 Å². The van der Waals surface area contributed by atoms with Crippen LogP contribution in [0.25, 0.3) is 0 Å². The van der Waals surface area contributed by atoms with Crippen LogP contribution in [0.4, 0.5) is 0 Å². The lowest BCUT2D eigenvalue weighted by Gasteiger charge is -2.21. The number of halogens is 1. The second-order valence-electron chi connectivity index (χ2n) is 3.13. The number of hydrogen-bond donors (Lipinski definition) is 1. The zero-order valence-corrected chi connectivity index (χ0v) is 7.72. The molecule has 1 saturated carbocycles. The summed E-state index contributed by atoms with van der Waals surface area (Å²) >= 11 is 5.50. The Labute approximate surface area is 73.1 Å². The van der Waals surface area contributed by atoms with E-state index in [2.05, 4.69) is 11.8 Å². The summed E-state index contributed by atoms with van der Waals surface area (Å²) in [5.74, 6) is 0.350. The number of hydrogen-bond acceptors (Lipinski definition) is 2. The third-order valence-corrected chi connectivity index (χ3v) is 2.45. The highest BCUT2D eigenvalue weighted by Gasteiger charge is 2.28. The summed E-state index contributed by atoms with van der Waals surface area (Å²) in [6.07, 6.45) is 2.24. The van der Waals surface area contributed by atoms with Crippen molar-refractivity contribution in [1.29, 1.82) is 0 Å². The molecule has 0 aromatic rings. The van der Waals surface area contributed by atoms with E-state index in [0.29, 0.717) is 5.88 Å². The van der Waals surface area contributed by atoms with Gasteiger partial charge < -0.3 is 5.11 Å². The van der Waals surface area contributed by atoms with Gasteiger partial charge in [-0.1, -0.05) is 6.92 Å². The summed E-state index contributed by atoms with van der Waals surface area (Å²) in [5, 5.41) is 9.26. The van der Waals surface area contributed by atoms with Crippen LogP contribution in [-0.4, -0.2) is 41.1 Å². The maximum atomic E-state index is 9.26. The van der Waals surface area contributed by atoms with Gasteiger partial charge in [-0.15, -0.1) is 11.6 Å². The Morgan fingerprint density at radius 1 is 1.64 bits per heavy atom. The van der Waals surface area contributed by atoms with Crippen molar-refractivity contribution in [1.82, 2.24) is 4.90 Å². The number of aliphatic hydroxyl groups excluding tert-OH is 1. The van der Waals surface area contributed by atoms with E-state index in [9.17, 15) is 5.11 Å². The van der Waals surface area contributed by atoms with Crippen molar-refractivity contribution in [3.8, 4) is 0 Å². The van der Waals surface area contributed by atoms with E-state index < -0.39 is 0 Å². The average Bonchev–Trinajstić information content (AvgIpc) is 2.82. The van der Waals surface area contributed by atoms with Crippen molar-refractivity contribution >= 4 is 11.6 Å². The lowest BCUT2D eigenvalue weighted by atomic mass is 10.3. The Morgan fingerprint density at radius 2 is 2.27 bits per heavy atom. The molecule has 66 valence electrons. The van der Waals surface area contributed by atoms with Gasteiger partial charge in [0.2, 0.25) is 0 Å². The van der Waals surface area contributed by atoms with Crippen molar-refractivity contribution in [2.24, 2.45) is 0 Å². The molecule has 1 fully saturated rings. The third kappa shape index (κ3) is 2.97. The SMILES string of the molecule is CCN(CC(O)CCl)C1CC1. The number of nitrogens with zero attached hydrogens (tertiary/aromatic N) is 1. The van der Waals surface area contributed by atoms with Crippen LogP contribution >= 0.6 is 11.6 Å². The first-order valence-corrected chi connectivity index (χ1v) is 4.79. The van der Waals surface area contributed by atoms with Gasteiger partial charge >= 0.3 is 0 Å². The third-order valence-electron chi connectivity index (χ3n) is 2.09. The number of rotatable bonds is 5. The summed E-state index contributed by atoms with van der Waals surface area (Å²) in [7, 11) is 0. The van der Waals surface area contributed by atoms with Gasteiger partial charge in [0.25, 0.3) is 0 Å². The molecule has 0 heterocycles. The van der Waals surface area contributed by atoms with Crippen molar-refractivity contribution < 1.29 is 5.11 Å². The highest BCUT2D eigenvalue weighted by atomic mass is 35.5. The molecule has 11 heavy (non-hydrogen) atoms. The van der Waals surface area contributed by atoms with E-state index in [4.69, 9.17) is 11.6 Å². The smallest absolute Gasteiger partial charge is 0.0802 e. The van der Waals surface area contributed by atoms with Crippen LogP contribution in [0, 0.1) is 0 Å². The van der Waals surface area contributed by atoms with Gasteiger partial charge in [-0.05, 0) is 19.4 Å². The molecule has 2 nitrogen and oxygen atoms in total. The molecule has 0 aliphatic heterocycles. The molecule has 3 heteroatoms. The fourth-order valence-corrected chi connectivity index (χ4v) is 1.39. The molecule has 0 saturated heterocycles. The summed E-state index contributed by atoms with van der Waals surface area (Å²) in [6.45, 7) is 3.89. The summed E-state index contributed by atoms with van der Waals surface area (Å²) in [6, 6.07) is 0.734. The lowest BCUT2D eigenvalue weighted by molar-refractivity contribution is 0.128. The number of aliphatic hydroxyl groups is 1. The van der Waals surface area contributed by atoms with Crippen LogP contribution in [0.1, 0.15) is 19.8 Å². The van der Waals surface area contributed by atoms with Gasteiger partial charge in [0.15, 0.2) is 0 Å². The standard InChI is InChI=1S/C8H16ClNO/c1-2-10(7-3-4-7)6-8(11)5-9/h7-8,11H,2-6H2,1H3. The number of alkyl halides is 1.